The van der Waals surface area contributed by atoms with Crippen LogP contribution in [0.15, 0.2) is 48.7 Å². The van der Waals surface area contributed by atoms with E-state index in [2.05, 4.69) is 9.97 Å². The maximum atomic E-state index is 10.9. The Morgan fingerprint density at radius 2 is 2.15 bits per heavy atom. The van der Waals surface area contributed by atoms with Gasteiger partial charge in [-0.1, -0.05) is 6.07 Å². The number of H-pyrrole nitrogens is 1. The Bertz CT molecular complexity index is 750. The zero-order chi connectivity index (χ0) is 13.9. The molecule has 2 heterocycles. The van der Waals surface area contributed by atoms with Crippen molar-refractivity contribution in [2.75, 3.05) is 0 Å². The van der Waals surface area contributed by atoms with E-state index < -0.39 is 5.97 Å². The lowest BCUT2D eigenvalue weighted by molar-refractivity contribution is 0.0691. The zero-order valence-electron chi connectivity index (χ0n) is 10.5. The van der Waals surface area contributed by atoms with E-state index in [-0.39, 0.29) is 5.69 Å². The van der Waals surface area contributed by atoms with Crippen LogP contribution in [0.4, 0.5) is 0 Å². The summed E-state index contributed by atoms with van der Waals surface area (Å²) in [5.74, 6) is -0.295. The second kappa shape index (κ2) is 5.05. The molecule has 0 aliphatic carbocycles. The predicted octanol–water partition coefficient (Wildman–Crippen LogP) is 2.84. The van der Waals surface area contributed by atoms with Gasteiger partial charge in [0.1, 0.15) is 18.1 Å². The van der Waals surface area contributed by atoms with Crippen LogP contribution in [-0.2, 0) is 6.61 Å². The van der Waals surface area contributed by atoms with Crippen LogP contribution < -0.4 is 4.74 Å². The van der Waals surface area contributed by atoms with Gasteiger partial charge in [0.25, 0.3) is 0 Å². The van der Waals surface area contributed by atoms with Crippen molar-refractivity contribution in [1.29, 1.82) is 0 Å². The minimum atomic E-state index is -0.975. The molecule has 0 unspecified atom stereocenters. The fourth-order valence-corrected chi connectivity index (χ4v) is 1.96. The van der Waals surface area contributed by atoms with Crippen LogP contribution in [-0.4, -0.2) is 21.0 Å². The Hall–Kier alpha value is -2.82. The van der Waals surface area contributed by atoms with Crippen molar-refractivity contribution in [2.24, 2.45) is 0 Å². The highest BCUT2D eigenvalue weighted by molar-refractivity contribution is 5.94. The first-order valence-electron chi connectivity index (χ1n) is 6.11. The second-order valence-electron chi connectivity index (χ2n) is 4.35. The van der Waals surface area contributed by atoms with Gasteiger partial charge in [-0.25, -0.2) is 4.79 Å². The van der Waals surface area contributed by atoms with Crippen LogP contribution >= 0.6 is 0 Å². The first-order chi connectivity index (χ1) is 9.72. The summed E-state index contributed by atoms with van der Waals surface area (Å²) in [6, 6.07) is 12.6. The molecule has 3 rings (SSSR count). The predicted molar refractivity (Wildman–Crippen MR) is 73.8 cm³/mol. The summed E-state index contributed by atoms with van der Waals surface area (Å²) in [7, 11) is 0. The summed E-state index contributed by atoms with van der Waals surface area (Å²) in [4.78, 5) is 17.9. The Morgan fingerprint density at radius 3 is 2.90 bits per heavy atom. The lowest BCUT2D eigenvalue weighted by atomic mass is 10.2. The molecule has 100 valence electrons. The fourth-order valence-electron chi connectivity index (χ4n) is 1.96. The molecule has 0 fully saturated rings. The van der Waals surface area contributed by atoms with Gasteiger partial charge in [-0.2, -0.15) is 0 Å². The maximum absolute atomic E-state index is 10.9. The molecular weight excluding hydrogens is 256 g/mol. The number of aromatic carboxylic acids is 1. The van der Waals surface area contributed by atoms with Gasteiger partial charge in [0.05, 0.1) is 5.69 Å². The second-order valence-corrected chi connectivity index (χ2v) is 4.35. The Kier molecular flexibility index (Phi) is 3.09. The quantitative estimate of drug-likeness (QED) is 0.763. The number of benzene rings is 1. The number of fused-ring (bicyclic) bond motifs is 1. The number of hydrogen-bond donors (Lipinski definition) is 2. The van der Waals surface area contributed by atoms with E-state index in [1.807, 2.05) is 18.2 Å². The van der Waals surface area contributed by atoms with Crippen molar-refractivity contribution in [1.82, 2.24) is 9.97 Å². The first kappa shape index (κ1) is 12.2. The molecule has 0 amide bonds. The summed E-state index contributed by atoms with van der Waals surface area (Å²) in [6.07, 6.45) is 1.72. The van der Waals surface area contributed by atoms with E-state index in [1.54, 1.807) is 30.5 Å². The molecule has 0 aliphatic heterocycles. The monoisotopic (exact) mass is 268 g/mol. The van der Waals surface area contributed by atoms with E-state index in [4.69, 9.17) is 9.84 Å². The average molecular weight is 268 g/mol. The van der Waals surface area contributed by atoms with E-state index >= 15 is 0 Å². The average Bonchev–Trinajstić information content (AvgIpc) is 2.89. The standard InChI is InChI=1S/C15H12N2O3/c18-15(19)14-8-10-7-12(4-5-13(10)17-14)20-9-11-3-1-2-6-16-11/h1-8,17H,9H2,(H,18,19). The Labute approximate surface area is 114 Å². The minimum absolute atomic E-state index is 0.168. The molecule has 0 aliphatic rings. The molecule has 0 spiro atoms. The van der Waals surface area contributed by atoms with Gasteiger partial charge in [-0.15, -0.1) is 0 Å². The van der Waals surface area contributed by atoms with Crippen LogP contribution in [0.1, 0.15) is 16.2 Å². The van der Waals surface area contributed by atoms with Gasteiger partial charge in [-0.3, -0.25) is 4.98 Å². The number of nitrogens with one attached hydrogen (secondary N) is 1. The van der Waals surface area contributed by atoms with Gasteiger partial charge in [-0.05, 0) is 36.4 Å². The molecule has 0 radical (unpaired) electrons. The van der Waals surface area contributed by atoms with Gasteiger partial charge in [0, 0.05) is 17.1 Å². The Balaban J connectivity index is 1.80. The lowest BCUT2D eigenvalue weighted by Crippen LogP contribution is -1.97. The third-order valence-corrected chi connectivity index (χ3v) is 2.94. The summed E-state index contributed by atoms with van der Waals surface area (Å²) in [6.45, 7) is 0.378. The molecule has 0 saturated carbocycles. The van der Waals surface area contributed by atoms with Gasteiger partial charge in [0.15, 0.2) is 0 Å². The minimum Gasteiger partial charge on any atom is -0.487 e. The van der Waals surface area contributed by atoms with E-state index in [1.165, 1.54) is 0 Å². The van der Waals surface area contributed by atoms with Crippen molar-refractivity contribution in [2.45, 2.75) is 6.61 Å². The van der Waals surface area contributed by atoms with E-state index in [9.17, 15) is 4.79 Å². The number of pyridine rings is 1. The highest BCUT2D eigenvalue weighted by Gasteiger charge is 2.08. The molecule has 1 aromatic carbocycles. The van der Waals surface area contributed by atoms with Crippen molar-refractivity contribution in [3.8, 4) is 5.75 Å². The Morgan fingerprint density at radius 1 is 1.25 bits per heavy atom. The SMILES string of the molecule is O=C(O)c1cc2cc(OCc3ccccn3)ccc2[nH]1. The van der Waals surface area contributed by atoms with Gasteiger partial charge < -0.3 is 14.8 Å². The van der Waals surface area contributed by atoms with Crippen LogP contribution in [0.25, 0.3) is 10.9 Å². The van der Waals surface area contributed by atoms with Gasteiger partial charge >= 0.3 is 5.97 Å². The number of hydrogen-bond acceptors (Lipinski definition) is 3. The van der Waals surface area contributed by atoms with Crippen LogP contribution in [0, 0.1) is 0 Å². The highest BCUT2D eigenvalue weighted by Crippen LogP contribution is 2.22. The number of carboxylic acids is 1. The number of ether oxygens (including phenoxy) is 1. The molecule has 0 atom stereocenters. The van der Waals surface area contributed by atoms with Crippen LogP contribution in [0.2, 0.25) is 0 Å². The van der Waals surface area contributed by atoms with Crippen molar-refractivity contribution >= 4 is 16.9 Å². The molecule has 2 N–H and O–H groups in total. The number of carboxylic acid groups (broad SMARTS) is 1. The molecule has 2 aromatic heterocycles. The number of aromatic amines is 1. The molecular formula is C15H12N2O3. The maximum Gasteiger partial charge on any atom is 0.352 e. The third kappa shape index (κ3) is 2.47. The van der Waals surface area contributed by atoms with Crippen molar-refractivity contribution < 1.29 is 14.6 Å². The molecule has 5 nitrogen and oxygen atoms in total. The third-order valence-electron chi connectivity index (χ3n) is 2.94. The summed E-state index contributed by atoms with van der Waals surface area (Å²) in [5.41, 5.74) is 1.78. The zero-order valence-corrected chi connectivity index (χ0v) is 10.5. The van der Waals surface area contributed by atoms with Crippen LogP contribution in [0.3, 0.4) is 0 Å². The summed E-state index contributed by atoms with van der Waals surface area (Å²) < 4.78 is 5.65. The highest BCUT2D eigenvalue weighted by atomic mass is 16.5. The van der Waals surface area contributed by atoms with Crippen LogP contribution in [0.5, 0.6) is 5.75 Å². The molecule has 20 heavy (non-hydrogen) atoms. The smallest absolute Gasteiger partial charge is 0.352 e. The number of rotatable bonds is 4. The van der Waals surface area contributed by atoms with Crippen molar-refractivity contribution in [3.05, 3.63) is 60.0 Å². The molecule has 5 heteroatoms. The fraction of sp³-hybridized carbons (Fsp3) is 0.0667. The normalized spacial score (nSPS) is 10.6. The number of carbonyl (C=O) groups is 1. The molecule has 0 saturated heterocycles. The molecule has 3 aromatic rings. The largest absolute Gasteiger partial charge is 0.487 e. The molecule has 0 bridgehead atoms. The first-order valence-corrected chi connectivity index (χ1v) is 6.11. The van der Waals surface area contributed by atoms with Crippen molar-refractivity contribution in [3.63, 3.8) is 0 Å². The number of nitrogens with zero attached hydrogens (tertiary/aromatic N) is 1. The van der Waals surface area contributed by atoms with E-state index in [0.717, 1.165) is 16.6 Å². The summed E-state index contributed by atoms with van der Waals surface area (Å²) in [5, 5.41) is 9.74. The van der Waals surface area contributed by atoms with Gasteiger partial charge in [0.2, 0.25) is 0 Å². The topological polar surface area (TPSA) is 75.2 Å². The van der Waals surface area contributed by atoms with E-state index in [0.29, 0.717) is 12.4 Å². The lowest BCUT2D eigenvalue weighted by Gasteiger charge is -2.05. The summed E-state index contributed by atoms with van der Waals surface area (Å²) >= 11 is 0. The number of aromatic nitrogens is 2.